The summed E-state index contributed by atoms with van der Waals surface area (Å²) in [6.45, 7) is 7.03. The Labute approximate surface area is 160 Å². The molecule has 0 bridgehead atoms. The summed E-state index contributed by atoms with van der Waals surface area (Å²) in [5, 5.41) is 17.7. The number of aryl methyl sites for hydroxylation is 2. The molecule has 1 N–H and O–H groups in total. The number of nitrogens with zero attached hydrogens (tertiary/aromatic N) is 5. The summed E-state index contributed by atoms with van der Waals surface area (Å²) in [7, 11) is 5.85. The van der Waals surface area contributed by atoms with Crippen molar-refractivity contribution in [3.63, 3.8) is 0 Å². The van der Waals surface area contributed by atoms with Gasteiger partial charge < -0.3 is 15.0 Å². The SMILES string of the molecule is CNCCC(C)Oc1ccccc1-n1nc2c(N(C)C)nnc(C)c2c1C. The maximum Gasteiger partial charge on any atom is 0.179 e. The first-order valence-corrected chi connectivity index (χ1v) is 9.24. The molecule has 1 atom stereocenters. The topological polar surface area (TPSA) is 68.1 Å². The predicted octanol–water partition coefficient (Wildman–Crippen LogP) is 2.88. The van der Waals surface area contributed by atoms with Gasteiger partial charge in [-0.05, 0) is 52.9 Å². The fraction of sp³-hybridized carbons (Fsp3) is 0.450. The number of benzene rings is 1. The first kappa shape index (κ1) is 19.1. The molecule has 0 radical (unpaired) electrons. The first-order chi connectivity index (χ1) is 12.9. The molecule has 0 aliphatic carbocycles. The Bertz CT molecular complexity index is 934. The van der Waals surface area contributed by atoms with Crippen LogP contribution in [0.1, 0.15) is 24.7 Å². The zero-order valence-electron chi connectivity index (χ0n) is 16.9. The Balaban J connectivity index is 2.10. The summed E-state index contributed by atoms with van der Waals surface area (Å²) in [5.41, 5.74) is 3.68. The Hall–Kier alpha value is -2.67. The molecule has 7 heteroatoms. The minimum Gasteiger partial charge on any atom is -0.488 e. The van der Waals surface area contributed by atoms with Crippen LogP contribution < -0.4 is 15.0 Å². The lowest BCUT2D eigenvalue weighted by Gasteiger charge is -2.18. The molecule has 3 aromatic rings. The number of anilines is 1. The number of rotatable bonds is 7. The maximum atomic E-state index is 6.22. The highest BCUT2D eigenvalue weighted by atomic mass is 16.5. The van der Waals surface area contributed by atoms with E-state index in [2.05, 4.69) is 29.4 Å². The second kappa shape index (κ2) is 7.92. The third-order valence-corrected chi connectivity index (χ3v) is 4.63. The monoisotopic (exact) mass is 368 g/mol. The van der Waals surface area contributed by atoms with Gasteiger partial charge >= 0.3 is 0 Å². The van der Waals surface area contributed by atoms with E-state index >= 15 is 0 Å². The zero-order valence-corrected chi connectivity index (χ0v) is 16.9. The number of nitrogens with one attached hydrogen (secondary N) is 1. The normalized spacial score (nSPS) is 12.4. The van der Waals surface area contributed by atoms with Gasteiger partial charge in [0, 0.05) is 14.1 Å². The van der Waals surface area contributed by atoms with E-state index in [0.29, 0.717) is 0 Å². The molecule has 27 heavy (non-hydrogen) atoms. The minimum absolute atomic E-state index is 0.103. The summed E-state index contributed by atoms with van der Waals surface area (Å²) in [5.74, 6) is 1.58. The summed E-state index contributed by atoms with van der Waals surface area (Å²) >= 11 is 0. The summed E-state index contributed by atoms with van der Waals surface area (Å²) in [6.07, 6.45) is 1.04. The number of fused-ring (bicyclic) bond motifs is 1. The Morgan fingerprint density at radius 1 is 1.19 bits per heavy atom. The van der Waals surface area contributed by atoms with Gasteiger partial charge in [0.1, 0.15) is 17.0 Å². The van der Waals surface area contributed by atoms with Crippen molar-refractivity contribution in [3.8, 4) is 11.4 Å². The number of ether oxygens (including phenoxy) is 1. The molecule has 0 saturated heterocycles. The van der Waals surface area contributed by atoms with Crippen LogP contribution in [0.25, 0.3) is 16.6 Å². The van der Waals surface area contributed by atoms with Gasteiger partial charge in [-0.1, -0.05) is 12.1 Å². The van der Waals surface area contributed by atoms with Crippen LogP contribution >= 0.6 is 0 Å². The molecule has 144 valence electrons. The van der Waals surface area contributed by atoms with Crippen LogP contribution in [0.5, 0.6) is 5.75 Å². The maximum absolute atomic E-state index is 6.22. The van der Waals surface area contributed by atoms with Crippen LogP contribution in [-0.2, 0) is 0 Å². The van der Waals surface area contributed by atoms with Gasteiger partial charge in [0.05, 0.1) is 22.9 Å². The van der Waals surface area contributed by atoms with E-state index in [9.17, 15) is 0 Å². The second-order valence-electron chi connectivity index (χ2n) is 7.01. The van der Waals surface area contributed by atoms with Crippen molar-refractivity contribution < 1.29 is 4.74 Å². The molecule has 3 rings (SSSR count). The van der Waals surface area contributed by atoms with Gasteiger partial charge in [0.25, 0.3) is 0 Å². The molecule has 0 fully saturated rings. The summed E-state index contributed by atoms with van der Waals surface area (Å²) in [4.78, 5) is 1.94. The van der Waals surface area contributed by atoms with E-state index < -0.39 is 0 Å². The lowest BCUT2D eigenvalue weighted by molar-refractivity contribution is 0.210. The molecule has 7 nitrogen and oxygen atoms in total. The average molecular weight is 368 g/mol. The predicted molar refractivity (Wildman–Crippen MR) is 109 cm³/mol. The highest BCUT2D eigenvalue weighted by molar-refractivity contribution is 5.92. The Morgan fingerprint density at radius 3 is 2.63 bits per heavy atom. The average Bonchev–Trinajstić information content (AvgIpc) is 2.98. The number of para-hydroxylation sites is 2. The number of hydrogen-bond acceptors (Lipinski definition) is 6. The van der Waals surface area contributed by atoms with Gasteiger partial charge in [-0.2, -0.15) is 10.2 Å². The highest BCUT2D eigenvalue weighted by Crippen LogP contribution is 2.31. The Kier molecular flexibility index (Phi) is 5.60. The Morgan fingerprint density at radius 2 is 1.93 bits per heavy atom. The van der Waals surface area contributed by atoms with E-state index in [0.717, 1.165) is 52.5 Å². The van der Waals surface area contributed by atoms with E-state index in [1.165, 1.54) is 0 Å². The summed E-state index contributed by atoms with van der Waals surface area (Å²) in [6, 6.07) is 8.02. The van der Waals surface area contributed by atoms with Gasteiger partial charge in [0.2, 0.25) is 0 Å². The molecule has 0 saturated carbocycles. The van der Waals surface area contributed by atoms with E-state index in [-0.39, 0.29) is 6.10 Å². The van der Waals surface area contributed by atoms with E-state index in [1.807, 2.05) is 61.9 Å². The highest BCUT2D eigenvalue weighted by Gasteiger charge is 2.20. The molecule has 2 heterocycles. The lowest BCUT2D eigenvalue weighted by atomic mass is 10.2. The lowest BCUT2D eigenvalue weighted by Crippen LogP contribution is -2.20. The van der Waals surface area contributed by atoms with Crippen LogP contribution in [0.4, 0.5) is 5.82 Å². The van der Waals surface area contributed by atoms with Crippen molar-refractivity contribution in [2.75, 3.05) is 32.6 Å². The molecule has 0 aliphatic rings. The van der Waals surface area contributed by atoms with Crippen LogP contribution in [0.15, 0.2) is 24.3 Å². The number of aromatic nitrogens is 4. The molecule has 0 aliphatic heterocycles. The molecule has 1 aromatic carbocycles. The van der Waals surface area contributed by atoms with Crippen LogP contribution in [0.3, 0.4) is 0 Å². The van der Waals surface area contributed by atoms with Crippen molar-refractivity contribution in [1.82, 2.24) is 25.3 Å². The van der Waals surface area contributed by atoms with Crippen LogP contribution in [0.2, 0.25) is 0 Å². The molecular weight excluding hydrogens is 340 g/mol. The van der Waals surface area contributed by atoms with E-state index in [4.69, 9.17) is 9.84 Å². The van der Waals surface area contributed by atoms with Crippen LogP contribution in [-0.4, -0.2) is 53.8 Å². The minimum atomic E-state index is 0.103. The second-order valence-corrected chi connectivity index (χ2v) is 7.01. The smallest absolute Gasteiger partial charge is 0.179 e. The quantitative estimate of drug-likeness (QED) is 0.692. The van der Waals surface area contributed by atoms with Crippen molar-refractivity contribution >= 4 is 16.7 Å². The standard InChI is InChI=1S/C20H28N6O/c1-13(11-12-21-4)27-17-10-8-7-9-16(17)26-15(3)18-14(2)22-23-20(25(5)6)19(18)24-26/h7-10,13,21H,11-12H2,1-6H3. The third-order valence-electron chi connectivity index (χ3n) is 4.63. The first-order valence-electron chi connectivity index (χ1n) is 9.24. The largest absolute Gasteiger partial charge is 0.488 e. The fourth-order valence-corrected chi connectivity index (χ4v) is 3.20. The molecular formula is C20H28N6O. The zero-order chi connectivity index (χ0) is 19.6. The number of hydrogen-bond donors (Lipinski definition) is 1. The third kappa shape index (κ3) is 3.73. The fourth-order valence-electron chi connectivity index (χ4n) is 3.20. The summed E-state index contributed by atoms with van der Waals surface area (Å²) < 4.78 is 8.16. The van der Waals surface area contributed by atoms with Gasteiger partial charge in [0.15, 0.2) is 5.82 Å². The van der Waals surface area contributed by atoms with Gasteiger partial charge in [-0.15, -0.1) is 5.10 Å². The van der Waals surface area contributed by atoms with Gasteiger partial charge in [-0.25, -0.2) is 4.68 Å². The van der Waals surface area contributed by atoms with Gasteiger partial charge in [-0.3, -0.25) is 0 Å². The molecule has 1 unspecified atom stereocenters. The van der Waals surface area contributed by atoms with Crippen molar-refractivity contribution in [3.05, 3.63) is 35.7 Å². The van der Waals surface area contributed by atoms with Crippen molar-refractivity contribution in [2.45, 2.75) is 33.3 Å². The van der Waals surface area contributed by atoms with Crippen molar-refractivity contribution in [2.24, 2.45) is 0 Å². The molecule has 0 amide bonds. The molecule has 2 aromatic heterocycles. The van der Waals surface area contributed by atoms with Crippen LogP contribution in [0, 0.1) is 13.8 Å². The van der Waals surface area contributed by atoms with E-state index in [1.54, 1.807) is 0 Å². The van der Waals surface area contributed by atoms with Crippen molar-refractivity contribution in [1.29, 1.82) is 0 Å². The molecule has 0 spiro atoms.